The standard InChI is InChI=1S/C29H33N7O3/c1-31-28(37)39-11-10-35(2)25-13-26(38-3)23(12-21(25)30)34-27-32-9-8-22(33-27)20-17-36(29-14-18(15-29)16-29)24-7-5-4-6-19(20)24/h4-9,12-13,17-18H,10-11,14-16,30H2,1-3H3,(H,31,37)(H,32,33,34). The van der Waals surface area contributed by atoms with Crippen LogP contribution in [0.25, 0.3) is 22.2 Å². The average Bonchev–Trinajstić information content (AvgIpc) is 3.26. The van der Waals surface area contributed by atoms with Gasteiger partial charge in [-0.3, -0.25) is 0 Å². The summed E-state index contributed by atoms with van der Waals surface area (Å²) in [6.45, 7) is 0.685. The van der Waals surface area contributed by atoms with Gasteiger partial charge in [0, 0.05) is 54.6 Å². The first-order valence-corrected chi connectivity index (χ1v) is 13.1. The number of para-hydroxylation sites is 1. The molecule has 2 bridgehead atoms. The maximum atomic E-state index is 11.3. The lowest BCUT2D eigenvalue weighted by Gasteiger charge is -2.62. The summed E-state index contributed by atoms with van der Waals surface area (Å²) in [5, 5.41) is 6.92. The molecule has 3 aliphatic carbocycles. The summed E-state index contributed by atoms with van der Waals surface area (Å²) in [7, 11) is 5.00. The second-order valence-corrected chi connectivity index (χ2v) is 10.4. The van der Waals surface area contributed by atoms with Crippen molar-refractivity contribution in [3.63, 3.8) is 0 Å². The van der Waals surface area contributed by atoms with Crippen LogP contribution >= 0.6 is 0 Å². The summed E-state index contributed by atoms with van der Waals surface area (Å²) in [5.41, 5.74) is 11.9. The molecule has 7 rings (SSSR count). The first kappa shape index (κ1) is 24.8. The summed E-state index contributed by atoms with van der Waals surface area (Å²) in [4.78, 5) is 22.6. The minimum absolute atomic E-state index is 0.219. The van der Waals surface area contributed by atoms with Gasteiger partial charge < -0.3 is 35.3 Å². The van der Waals surface area contributed by atoms with Crippen molar-refractivity contribution in [2.24, 2.45) is 5.92 Å². The van der Waals surface area contributed by atoms with Crippen LogP contribution in [0.4, 0.5) is 27.8 Å². The largest absolute Gasteiger partial charge is 0.494 e. The van der Waals surface area contributed by atoms with Gasteiger partial charge in [0.15, 0.2) is 0 Å². The van der Waals surface area contributed by atoms with E-state index in [0.717, 1.165) is 22.9 Å². The number of benzene rings is 2. The minimum Gasteiger partial charge on any atom is -0.494 e. The highest BCUT2D eigenvalue weighted by Crippen LogP contribution is 2.63. The molecule has 3 saturated carbocycles. The summed E-state index contributed by atoms with van der Waals surface area (Å²) < 4.78 is 13.2. The molecule has 2 aromatic heterocycles. The average molecular weight is 528 g/mol. The smallest absolute Gasteiger partial charge is 0.406 e. The van der Waals surface area contributed by atoms with E-state index in [-0.39, 0.29) is 12.1 Å². The molecule has 39 heavy (non-hydrogen) atoms. The molecule has 202 valence electrons. The third-order valence-electron chi connectivity index (χ3n) is 8.03. The number of carbonyl (C=O) groups is 1. The van der Waals surface area contributed by atoms with E-state index in [9.17, 15) is 4.79 Å². The summed E-state index contributed by atoms with van der Waals surface area (Å²) in [6.07, 6.45) is 7.38. The molecule has 0 radical (unpaired) electrons. The van der Waals surface area contributed by atoms with Crippen LogP contribution in [0.5, 0.6) is 5.75 Å². The van der Waals surface area contributed by atoms with Gasteiger partial charge in [-0.15, -0.1) is 0 Å². The van der Waals surface area contributed by atoms with E-state index in [4.69, 9.17) is 20.2 Å². The van der Waals surface area contributed by atoms with Crippen molar-refractivity contribution in [3.8, 4) is 17.0 Å². The van der Waals surface area contributed by atoms with Gasteiger partial charge in [-0.2, -0.15) is 0 Å². The zero-order chi connectivity index (χ0) is 27.1. The Hall–Kier alpha value is -4.47. The molecule has 3 fully saturated rings. The summed E-state index contributed by atoms with van der Waals surface area (Å²) in [5.74, 6) is 1.94. The first-order chi connectivity index (χ1) is 18.9. The molecule has 4 N–H and O–H groups in total. The topological polar surface area (TPSA) is 120 Å². The third-order valence-corrected chi connectivity index (χ3v) is 8.03. The maximum absolute atomic E-state index is 11.3. The molecule has 0 saturated heterocycles. The van der Waals surface area contributed by atoms with Crippen molar-refractivity contribution in [1.82, 2.24) is 19.9 Å². The van der Waals surface area contributed by atoms with Crippen molar-refractivity contribution in [1.29, 1.82) is 0 Å². The van der Waals surface area contributed by atoms with E-state index in [1.807, 2.05) is 24.1 Å². The molecular formula is C29H33N7O3. The molecule has 3 aliphatic rings. The third kappa shape index (κ3) is 4.35. The van der Waals surface area contributed by atoms with Crippen molar-refractivity contribution in [3.05, 3.63) is 54.9 Å². The Balaban J connectivity index is 1.26. The van der Waals surface area contributed by atoms with Crippen molar-refractivity contribution < 1.29 is 14.3 Å². The molecule has 4 aromatic rings. The Labute approximate surface area is 227 Å². The normalized spacial score (nSPS) is 19.1. The lowest BCUT2D eigenvalue weighted by atomic mass is 9.49. The fourth-order valence-corrected chi connectivity index (χ4v) is 5.84. The number of nitrogen functional groups attached to an aromatic ring is 1. The van der Waals surface area contributed by atoms with E-state index < -0.39 is 6.09 Å². The van der Waals surface area contributed by atoms with E-state index in [1.54, 1.807) is 19.4 Å². The van der Waals surface area contributed by atoms with Crippen LogP contribution in [0.15, 0.2) is 54.9 Å². The van der Waals surface area contributed by atoms with Crippen LogP contribution in [-0.4, -0.2) is 55.0 Å². The Morgan fingerprint density at radius 1 is 1.23 bits per heavy atom. The number of amides is 1. The predicted molar refractivity (Wildman–Crippen MR) is 153 cm³/mol. The highest BCUT2D eigenvalue weighted by atomic mass is 16.5. The Bertz CT molecular complexity index is 1530. The van der Waals surface area contributed by atoms with Crippen molar-refractivity contribution >= 4 is 40.0 Å². The van der Waals surface area contributed by atoms with E-state index >= 15 is 0 Å². The molecule has 0 aliphatic heterocycles. The molecule has 1 amide bonds. The number of anilines is 4. The number of methoxy groups -OCH3 is 1. The lowest BCUT2D eigenvalue weighted by Crippen LogP contribution is -2.58. The zero-order valence-corrected chi connectivity index (χ0v) is 22.4. The van der Waals surface area contributed by atoms with E-state index in [0.29, 0.717) is 29.6 Å². The Morgan fingerprint density at radius 2 is 2.03 bits per heavy atom. The summed E-state index contributed by atoms with van der Waals surface area (Å²) in [6, 6.07) is 14.2. The van der Waals surface area contributed by atoms with Gasteiger partial charge in [0.05, 0.1) is 36.4 Å². The Morgan fingerprint density at radius 3 is 2.74 bits per heavy atom. The number of nitrogens with two attached hydrogens (primary N) is 1. The number of alkyl carbamates (subject to hydrolysis) is 1. The number of hydrogen-bond acceptors (Lipinski definition) is 8. The number of nitrogens with one attached hydrogen (secondary N) is 2. The van der Waals surface area contributed by atoms with Crippen LogP contribution < -0.4 is 26.0 Å². The second kappa shape index (κ2) is 9.68. The van der Waals surface area contributed by atoms with E-state index in [1.165, 1.54) is 37.2 Å². The van der Waals surface area contributed by atoms with Crippen LogP contribution in [0.1, 0.15) is 19.3 Å². The fraction of sp³-hybridized carbons (Fsp3) is 0.345. The van der Waals surface area contributed by atoms with Crippen LogP contribution in [-0.2, 0) is 10.3 Å². The number of ether oxygens (including phenoxy) is 2. The molecule has 0 unspecified atom stereocenters. The number of nitrogens with zero attached hydrogens (tertiary/aromatic N) is 4. The fourth-order valence-electron chi connectivity index (χ4n) is 5.84. The maximum Gasteiger partial charge on any atom is 0.406 e. The SMILES string of the molecule is CNC(=O)OCCN(C)c1cc(OC)c(Nc2nccc(-c3cn(C45CC(C4)C5)c4ccccc34)n2)cc1N. The van der Waals surface area contributed by atoms with Gasteiger partial charge in [0.1, 0.15) is 12.4 Å². The van der Waals surface area contributed by atoms with Gasteiger partial charge in [-0.25, -0.2) is 14.8 Å². The van der Waals surface area contributed by atoms with Gasteiger partial charge >= 0.3 is 6.09 Å². The molecule has 2 heterocycles. The van der Waals surface area contributed by atoms with Crippen LogP contribution in [0, 0.1) is 5.92 Å². The van der Waals surface area contributed by atoms with Crippen molar-refractivity contribution in [2.75, 3.05) is 50.3 Å². The van der Waals surface area contributed by atoms with Gasteiger partial charge in [-0.05, 0) is 43.4 Å². The number of aromatic nitrogens is 3. The highest BCUT2D eigenvalue weighted by Gasteiger charge is 2.58. The van der Waals surface area contributed by atoms with Crippen LogP contribution in [0.2, 0.25) is 0 Å². The molecule has 0 atom stereocenters. The zero-order valence-electron chi connectivity index (χ0n) is 22.4. The summed E-state index contributed by atoms with van der Waals surface area (Å²) >= 11 is 0. The van der Waals surface area contributed by atoms with Gasteiger partial charge in [0.2, 0.25) is 5.95 Å². The van der Waals surface area contributed by atoms with Crippen molar-refractivity contribution in [2.45, 2.75) is 24.8 Å². The molecule has 10 nitrogen and oxygen atoms in total. The lowest BCUT2D eigenvalue weighted by molar-refractivity contribution is -0.0854. The number of likely N-dealkylation sites (N-methyl/N-ethyl adjacent to an activating group) is 1. The predicted octanol–water partition coefficient (Wildman–Crippen LogP) is 4.73. The molecule has 2 aromatic carbocycles. The number of hydrogen-bond donors (Lipinski definition) is 3. The first-order valence-electron chi connectivity index (χ1n) is 13.1. The number of rotatable bonds is 9. The van der Waals surface area contributed by atoms with Gasteiger partial charge in [0.25, 0.3) is 0 Å². The minimum atomic E-state index is -0.473. The monoisotopic (exact) mass is 527 g/mol. The quantitative estimate of drug-likeness (QED) is 0.267. The van der Waals surface area contributed by atoms with E-state index in [2.05, 4.69) is 50.6 Å². The number of carbonyl (C=O) groups excluding carboxylic acids is 1. The molecule has 0 spiro atoms. The van der Waals surface area contributed by atoms with Crippen LogP contribution in [0.3, 0.4) is 0 Å². The number of fused-ring (bicyclic) bond motifs is 1. The molecule has 10 heteroatoms. The molecular weight excluding hydrogens is 494 g/mol. The van der Waals surface area contributed by atoms with Gasteiger partial charge in [-0.1, -0.05) is 18.2 Å². The highest BCUT2D eigenvalue weighted by molar-refractivity contribution is 5.95. The Kier molecular flexibility index (Phi) is 6.17. The second-order valence-electron chi connectivity index (χ2n) is 10.4.